The standard InChI is InChI=1S/C20H28O3/c1-12(2)14-5-6-19(3)7-8-20(4)15(18(14)19)10-16(22)13(11-21)9-17(20)23/h9,11-12,15-16,22H,5-8,10H2,1-4H3. The van der Waals surface area contributed by atoms with Crippen LogP contribution in [0.25, 0.3) is 0 Å². The summed E-state index contributed by atoms with van der Waals surface area (Å²) < 4.78 is 0. The van der Waals surface area contributed by atoms with Crippen LogP contribution in [0.2, 0.25) is 0 Å². The summed E-state index contributed by atoms with van der Waals surface area (Å²) in [5.74, 6) is 0.547. The van der Waals surface area contributed by atoms with Crippen molar-refractivity contribution in [2.24, 2.45) is 22.7 Å². The van der Waals surface area contributed by atoms with Crippen molar-refractivity contribution >= 4 is 12.1 Å². The number of hydrogen-bond donors (Lipinski definition) is 1. The van der Waals surface area contributed by atoms with Gasteiger partial charge in [0.25, 0.3) is 0 Å². The molecule has 0 aromatic carbocycles. The van der Waals surface area contributed by atoms with Crippen LogP contribution in [-0.4, -0.2) is 23.3 Å². The van der Waals surface area contributed by atoms with Gasteiger partial charge in [0, 0.05) is 11.0 Å². The second-order valence-electron chi connectivity index (χ2n) is 8.50. The fourth-order valence-corrected chi connectivity index (χ4v) is 5.16. The van der Waals surface area contributed by atoms with Crippen molar-refractivity contribution in [1.29, 1.82) is 0 Å². The molecule has 3 rings (SSSR count). The van der Waals surface area contributed by atoms with Crippen molar-refractivity contribution in [3.63, 3.8) is 0 Å². The van der Waals surface area contributed by atoms with Gasteiger partial charge in [0.2, 0.25) is 0 Å². The maximum atomic E-state index is 12.9. The lowest BCUT2D eigenvalue weighted by Gasteiger charge is -2.49. The molecule has 0 spiro atoms. The van der Waals surface area contributed by atoms with Crippen molar-refractivity contribution in [3.8, 4) is 0 Å². The van der Waals surface area contributed by atoms with Gasteiger partial charge in [-0.25, -0.2) is 0 Å². The molecule has 0 radical (unpaired) electrons. The average molecular weight is 316 g/mol. The minimum absolute atomic E-state index is 0.0192. The van der Waals surface area contributed by atoms with Gasteiger partial charge in [-0.3, -0.25) is 9.59 Å². The number of hydrogen-bond acceptors (Lipinski definition) is 3. The Balaban J connectivity index is 2.15. The number of carbonyl (C=O) groups is 2. The van der Waals surface area contributed by atoms with Crippen LogP contribution in [0.4, 0.5) is 0 Å². The van der Waals surface area contributed by atoms with E-state index in [1.807, 2.05) is 6.92 Å². The van der Waals surface area contributed by atoms with Crippen molar-refractivity contribution in [3.05, 3.63) is 22.8 Å². The Morgan fingerprint density at radius 1 is 1.26 bits per heavy atom. The van der Waals surface area contributed by atoms with Gasteiger partial charge in [0.15, 0.2) is 5.78 Å². The summed E-state index contributed by atoms with van der Waals surface area (Å²) in [6.07, 6.45) is 5.85. The lowest BCUT2D eigenvalue weighted by atomic mass is 9.54. The number of carbonyl (C=O) groups excluding carboxylic acids is 2. The fraction of sp³-hybridized carbons (Fsp3) is 0.700. The van der Waals surface area contributed by atoms with Crippen molar-refractivity contribution in [2.45, 2.75) is 65.9 Å². The largest absolute Gasteiger partial charge is 0.388 e. The first-order valence-electron chi connectivity index (χ1n) is 8.85. The highest BCUT2D eigenvalue weighted by Crippen LogP contribution is 2.62. The molecule has 4 atom stereocenters. The molecule has 4 unspecified atom stereocenters. The van der Waals surface area contributed by atoms with E-state index in [9.17, 15) is 14.7 Å². The Kier molecular flexibility index (Phi) is 3.91. The van der Waals surface area contributed by atoms with E-state index in [0.29, 0.717) is 18.6 Å². The van der Waals surface area contributed by atoms with E-state index in [-0.39, 0.29) is 22.7 Å². The molecule has 1 fully saturated rings. The van der Waals surface area contributed by atoms with E-state index < -0.39 is 11.5 Å². The molecule has 0 aliphatic heterocycles. The van der Waals surface area contributed by atoms with Crippen molar-refractivity contribution in [2.75, 3.05) is 0 Å². The highest BCUT2D eigenvalue weighted by molar-refractivity contribution is 6.00. The molecule has 1 N–H and O–H groups in total. The monoisotopic (exact) mass is 316 g/mol. The molecular formula is C20H28O3. The molecule has 3 heteroatoms. The summed E-state index contributed by atoms with van der Waals surface area (Å²) in [7, 11) is 0. The van der Waals surface area contributed by atoms with Crippen LogP contribution in [0.5, 0.6) is 0 Å². The molecule has 3 aliphatic rings. The van der Waals surface area contributed by atoms with E-state index in [2.05, 4.69) is 20.8 Å². The van der Waals surface area contributed by atoms with Gasteiger partial charge in [0.05, 0.1) is 6.10 Å². The SMILES string of the molecule is CC(C)C1=C2C3CC(O)C(C=O)=CC(=O)C3(C)CCC2(C)CC1. The normalized spacial score (nSPS) is 40.6. The first-order chi connectivity index (χ1) is 10.7. The van der Waals surface area contributed by atoms with Gasteiger partial charge in [-0.05, 0) is 55.4 Å². The molecule has 23 heavy (non-hydrogen) atoms. The van der Waals surface area contributed by atoms with Gasteiger partial charge < -0.3 is 5.11 Å². The Hall–Kier alpha value is -1.22. The van der Waals surface area contributed by atoms with Crippen LogP contribution in [0.3, 0.4) is 0 Å². The summed E-state index contributed by atoms with van der Waals surface area (Å²) in [5, 5.41) is 10.5. The maximum Gasteiger partial charge on any atom is 0.162 e. The number of rotatable bonds is 2. The minimum atomic E-state index is -0.827. The first kappa shape index (κ1) is 16.6. The highest BCUT2D eigenvalue weighted by atomic mass is 16.3. The zero-order valence-corrected chi connectivity index (χ0v) is 14.7. The topological polar surface area (TPSA) is 54.4 Å². The molecule has 0 aromatic heterocycles. The third kappa shape index (κ3) is 2.36. The lowest BCUT2D eigenvalue weighted by Crippen LogP contribution is -2.44. The zero-order valence-electron chi connectivity index (χ0n) is 14.7. The van der Waals surface area contributed by atoms with Crippen LogP contribution in [0, 0.1) is 22.7 Å². The number of ketones is 1. The Bertz CT molecular complexity index is 612. The quantitative estimate of drug-likeness (QED) is 0.625. The van der Waals surface area contributed by atoms with E-state index in [0.717, 1.165) is 25.7 Å². The van der Waals surface area contributed by atoms with E-state index in [1.54, 1.807) is 0 Å². The predicted molar refractivity (Wildman–Crippen MR) is 89.8 cm³/mol. The van der Waals surface area contributed by atoms with Crippen molar-refractivity contribution in [1.82, 2.24) is 0 Å². The predicted octanol–water partition coefficient (Wildman–Crippen LogP) is 3.61. The van der Waals surface area contributed by atoms with Gasteiger partial charge in [-0.1, -0.05) is 38.8 Å². The zero-order chi connectivity index (χ0) is 17.0. The average Bonchev–Trinajstić information content (AvgIpc) is 2.81. The lowest BCUT2D eigenvalue weighted by molar-refractivity contribution is -0.127. The third-order valence-electron chi connectivity index (χ3n) is 6.79. The van der Waals surface area contributed by atoms with Crippen LogP contribution < -0.4 is 0 Å². The van der Waals surface area contributed by atoms with Gasteiger partial charge in [-0.15, -0.1) is 0 Å². The fourth-order valence-electron chi connectivity index (χ4n) is 5.16. The van der Waals surface area contributed by atoms with Crippen LogP contribution in [0.15, 0.2) is 22.8 Å². The summed E-state index contributed by atoms with van der Waals surface area (Å²) in [6, 6.07) is 0. The summed E-state index contributed by atoms with van der Waals surface area (Å²) in [4.78, 5) is 24.1. The van der Waals surface area contributed by atoms with E-state index >= 15 is 0 Å². The highest BCUT2D eigenvalue weighted by Gasteiger charge is 2.55. The number of aliphatic hydroxyl groups is 1. The van der Waals surface area contributed by atoms with Crippen LogP contribution in [-0.2, 0) is 9.59 Å². The second-order valence-corrected chi connectivity index (χ2v) is 8.50. The van der Waals surface area contributed by atoms with Gasteiger partial charge in [-0.2, -0.15) is 0 Å². The molecule has 3 aliphatic carbocycles. The Morgan fingerprint density at radius 2 is 1.96 bits per heavy atom. The summed E-state index contributed by atoms with van der Waals surface area (Å²) >= 11 is 0. The van der Waals surface area contributed by atoms with Crippen LogP contribution in [0.1, 0.15) is 59.8 Å². The maximum absolute atomic E-state index is 12.9. The number of fused-ring (bicyclic) bond motifs is 3. The smallest absolute Gasteiger partial charge is 0.162 e. The second kappa shape index (κ2) is 5.41. The third-order valence-corrected chi connectivity index (χ3v) is 6.79. The Labute approximate surface area is 138 Å². The van der Waals surface area contributed by atoms with E-state index in [4.69, 9.17) is 0 Å². The molecule has 0 amide bonds. The molecule has 126 valence electrons. The molecule has 0 bridgehead atoms. The molecule has 3 nitrogen and oxygen atoms in total. The minimum Gasteiger partial charge on any atom is -0.388 e. The Morgan fingerprint density at radius 3 is 2.57 bits per heavy atom. The van der Waals surface area contributed by atoms with Gasteiger partial charge in [0.1, 0.15) is 6.29 Å². The molecule has 0 saturated heterocycles. The van der Waals surface area contributed by atoms with Crippen LogP contribution >= 0.6 is 0 Å². The molecule has 0 heterocycles. The number of allylic oxidation sites excluding steroid dienone is 3. The summed E-state index contributed by atoms with van der Waals surface area (Å²) in [5.41, 5.74) is 2.84. The van der Waals surface area contributed by atoms with E-state index in [1.165, 1.54) is 17.2 Å². The first-order valence-corrected chi connectivity index (χ1v) is 8.85. The van der Waals surface area contributed by atoms with Gasteiger partial charge >= 0.3 is 0 Å². The molecular weight excluding hydrogens is 288 g/mol. The molecule has 0 aromatic rings. The number of aliphatic hydroxyl groups excluding tert-OH is 1. The van der Waals surface area contributed by atoms with Crippen molar-refractivity contribution < 1.29 is 14.7 Å². The number of aldehydes is 1. The summed E-state index contributed by atoms with van der Waals surface area (Å²) in [6.45, 7) is 8.82. The molecule has 1 saturated carbocycles.